The van der Waals surface area contributed by atoms with Crippen molar-refractivity contribution in [1.82, 2.24) is 14.9 Å². The number of aliphatic hydroxyl groups excluding tert-OH is 1. The van der Waals surface area contributed by atoms with Crippen LogP contribution >= 0.6 is 0 Å². The maximum atomic E-state index is 12.3. The number of carbonyl (C=O) groups excluding carboxylic acids is 1. The first-order valence-corrected chi connectivity index (χ1v) is 7.93. The van der Waals surface area contributed by atoms with Crippen LogP contribution in [0.4, 0.5) is 0 Å². The minimum atomic E-state index is -0.210. The molecule has 0 aliphatic carbocycles. The SMILES string of the molecule is Cc1c[nH]c(=O)n1-c1ccc(C(=O)NCc2cccc(CO)c2)cc1. The Kier molecular flexibility index (Phi) is 4.81. The molecule has 0 saturated carbocycles. The van der Waals surface area contributed by atoms with Crippen LogP contribution in [0.3, 0.4) is 0 Å². The van der Waals surface area contributed by atoms with Crippen LogP contribution in [0, 0.1) is 6.92 Å². The predicted octanol–water partition coefficient (Wildman–Crippen LogP) is 1.90. The van der Waals surface area contributed by atoms with E-state index in [1.54, 1.807) is 35.0 Å². The molecule has 0 spiro atoms. The van der Waals surface area contributed by atoms with E-state index in [9.17, 15) is 9.59 Å². The fourth-order valence-electron chi connectivity index (χ4n) is 2.66. The molecule has 0 radical (unpaired) electrons. The molecule has 0 fully saturated rings. The van der Waals surface area contributed by atoms with Gasteiger partial charge >= 0.3 is 5.69 Å². The Morgan fingerprint density at radius 1 is 1.16 bits per heavy atom. The number of hydrogen-bond acceptors (Lipinski definition) is 3. The average molecular weight is 337 g/mol. The highest BCUT2D eigenvalue weighted by Gasteiger charge is 2.08. The van der Waals surface area contributed by atoms with Gasteiger partial charge in [-0.25, -0.2) is 4.79 Å². The summed E-state index contributed by atoms with van der Waals surface area (Å²) in [6.45, 7) is 2.19. The Labute approximate surface area is 144 Å². The monoisotopic (exact) mass is 337 g/mol. The zero-order chi connectivity index (χ0) is 17.8. The van der Waals surface area contributed by atoms with Crippen LogP contribution in [-0.4, -0.2) is 20.6 Å². The molecular formula is C19H19N3O3. The van der Waals surface area contributed by atoms with Gasteiger partial charge in [-0.1, -0.05) is 24.3 Å². The Balaban J connectivity index is 1.69. The molecule has 0 bridgehead atoms. The molecule has 1 amide bonds. The number of benzene rings is 2. The van der Waals surface area contributed by atoms with Gasteiger partial charge in [0.1, 0.15) is 0 Å². The quantitative estimate of drug-likeness (QED) is 0.664. The summed E-state index contributed by atoms with van der Waals surface area (Å²) in [5.74, 6) is -0.195. The van der Waals surface area contributed by atoms with Crippen LogP contribution in [0.25, 0.3) is 5.69 Å². The summed E-state index contributed by atoms with van der Waals surface area (Å²) >= 11 is 0. The number of aryl methyl sites for hydroxylation is 1. The maximum absolute atomic E-state index is 12.3. The number of rotatable bonds is 5. The van der Waals surface area contributed by atoms with Crippen LogP contribution in [0.15, 0.2) is 59.5 Å². The van der Waals surface area contributed by atoms with Crippen molar-refractivity contribution < 1.29 is 9.90 Å². The lowest BCUT2D eigenvalue weighted by Gasteiger charge is -2.08. The van der Waals surface area contributed by atoms with E-state index in [1.807, 2.05) is 31.2 Å². The van der Waals surface area contributed by atoms with Crippen molar-refractivity contribution in [3.63, 3.8) is 0 Å². The first-order chi connectivity index (χ1) is 12.1. The van der Waals surface area contributed by atoms with E-state index in [2.05, 4.69) is 10.3 Å². The second-order valence-electron chi connectivity index (χ2n) is 5.78. The van der Waals surface area contributed by atoms with Gasteiger partial charge < -0.3 is 15.4 Å². The maximum Gasteiger partial charge on any atom is 0.330 e. The van der Waals surface area contributed by atoms with Crippen molar-refractivity contribution in [2.45, 2.75) is 20.1 Å². The number of nitrogens with one attached hydrogen (secondary N) is 2. The van der Waals surface area contributed by atoms with E-state index in [-0.39, 0.29) is 18.2 Å². The molecule has 3 aromatic rings. The molecular weight excluding hydrogens is 318 g/mol. The summed E-state index contributed by atoms with van der Waals surface area (Å²) in [5.41, 5.74) is 3.54. The van der Waals surface area contributed by atoms with Crippen molar-refractivity contribution in [3.05, 3.63) is 87.6 Å². The van der Waals surface area contributed by atoms with E-state index >= 15 is 0 Å². The molecule has 0 atom stereocenters. The van der Waals surface area contributed by atoms with E-state index in [1.165, 1.54) is 0 Å². The van der Waals surface area contributed by atoms with Gasteiger partial charge in [-0.2, -0.15) is 0 Å². The number of aliphatic hydroxyl groups is 1. The summed E-state index contributed by atoms with van der Waals surface area (Å²) in [5, 5.41) is 12.0. The van der Waals surface area contributed by atoms with Gasteiger partial charge in [-0.3, -0.25) is 9.36 Å². The topological polar surface area (TPSA) is 87.1 Å². The van der Waals surface area contributed by atoms with E-state index in [4.69, 9.17) is 5.11 Å². The molecule has 6 heteroatoms. The Bertz CT molecular complexity index is 939. The lowest BCUT2D eigenvalue weighted by atomic mass is 10.1. The van der Waals surface area contributed by atoms with E-state index in [0.717, 1.165) is 16.8 Å². The predicted molar refractivity (Wildman–Crippen MR) is 94.7 cm³/mol. The smallest absolute Gasteiger partial charge is 0.330 e. The molecule has 2 aromatic carbocycles. The number of amides is 1. The first kappa shape index (κ1) is 16.7. The van der Waals surface area contributed by atoms with Crippen LogP contribution in [0.2, 0.25) is 0 Å². The van der Waals surface area contributed by atoms with Crippen LogP contribution in [0.1, 0.15) is 27.2 Å². The third kappa shape index (κ3) is 3.70. The van der Waals surface area contributed by atoms with Gasteiger partial charge in [0.2, 0.25) is 0 Å². The molecule has 128 valence electrons. The van der Waals surface area contributed by atoms with Crippen LogP contribution in [-0.2, 0) is 13.2 Å². The molecule has 0 aliphatic heterocycles. The van der Waals surface area contributed by atoms with Gasteiger partial charge in [-0.05, 0) is 42.3 Å². The third-order valence-electron chi connectivity index (χ3n) is 3.98. The minimum absolute atomic E-state index is 0.0266. The molecule has 3 N–H and O–H groups in total. The molecule has 0 unspecified atom stereocenters. The van der Waals surface area contributed by atoms with Gasteiger partial charge in [0.05, 0.1) is 12.3 Å². The second-order valence-corrected chi connectivity index (χ2v) is 5.78. The number of carbonyl (C=O) groups is 1. The summed E-state index contributed by atoms with van der Waals surface area (Å²) in [4.78, 5) is 26.7. The lowest BCUT2D eigenvalue weighted by molar-refractivity contribution is 0.0951. The minimum Gasteiger partial charge on any atom is -0.392 e. The number of imidazole rings is 1. The van der Waals surface area contributed by atoms with Crippen molar-refractivity contribution in [1.29, 1.82) is 0 Å². The van der Waals surface area contributed by atoms with Crippen molar-refractivity contribution in [2.24, 2.45) is 0 Å². The number of aromatic amines is 1. The largest absolute Gasteiger partial charge is 0.392 e. The fourth-order valence-corrected chi connectivity index (χ4v) is 2.66. The zero-order valence-electron chi connectivity index (χ0n) is 13.8. The Hall–Kier alpha value is -3.12. The molecule has 25 heavy (non-hydrogen) atoms. The van der Waals surface area contributed by atoms with Crippen molar-refractivity contribution in [3.8, 4) is 5.69 Å². The summed E-state index contributed by atoms with van der Waals surface area (Å²) in [6, 6.07) is 14.3. The van der Waals surface area contributed by atoms with Gasteiger partial charge in [0.25, 0.3) is 5.91 Å². The first-order valence-electron chi connectivity index (χ1n) is 7.93. The van der Waals surface area contributed by atoms with Gasteiger partial charge in [0.15, 0.2) is 0 Å². The highest BCUT2D eigenvalue weighted by Crippen LogP contribution is 2.11. The number of nitrogens with zero attached hydrogens (tertiary/aromatic N) is 1. The number of aromatic nitrogens is 2. The fraction of sp³-hybridized carbons (Fsp3) is 0.158. The second kappa shape index (κ2) is 7.19. The lowest BCUT2D eigenvalue weighted by Crippen LogP contribution is -2.23. The van der Waals surface area contributed by atoms with Crippen molar-refractivity contribution in [2.75, 3.05) is 0 Å². The van der Waals surface area contributed by atoms with Crippen LogP contribution < -0.4 is 11.0 Å². The van der Waals surface area contributed by atoms with Crippen LogP contribution in [0.5, 0.6) is 0 Å². The van der Waals surface area contributed by atoms with Crippen molar-refractivity contribution >= 4 is 5.91 Å². The Morgan fingerprint density at radius 2 is 1.88 bits per heavy atom. The highest BCUT2D eigenvalue weighted by molar-refractivity contribution is 5.94. The normalized spacial score (nSPS) is 10.6. The molecule has 1 aromatic heterocycles. The zero-order valence-corrected chi connectivity index (χ0v) is 13.8. The van der Waals surface area contributed by atoms with Gasteiger partial charge in [-0.15, -0.1) is 0 Å². The average Bonchev–Trinajstić information content (AvgIpc) is 2.98. The highest BCUT2D eigenvalue weighted by atomic mass is 16.3. The standard InChI is InChI=1S/C19H19N3O3/c1-13-10-21-19(25)22(13)17-7-5-16(6-8-17)18(24)20-11-14-3-2-4-15(9-14)12-23/h2-10,23H,11-12H2,1H3,(H,20,24)(H,21,25). The molecule has 0 aliphatic rings. The number of H-pyrrole nitrogens is 1. The third-order valence-corrected chi connectivity index (χ3v) is 3.98. The summed E-state index contributed by atoms with van der Waals surface area (Å²) in [6.07, 6.45) is 1.64. The molecule has 6 nitrogen and oxygen atoms in total. The van der Waals surface area contributed by atoms with E-state index in [0.29, 0.717) is 17.8 Å². The van der Waals surface area contributed by atoms with E-state index < -0.39 is 0 Å². The molecule has 1 heterocycles. The number of hydrogen-bond donors (Lipinski definition) is 3. The molecule has 0 saturated heterocycles. The Morgan fingerprint density at radius 3 is 2.52 bits per heavy atom. The van der Waals surface area contributed by atoms with Gasteiger partial charge in [0, 0.05) is 24.0 Å². The molecule has 3 rings (SSSR count). The summed E-state index contributed by atoms with van der Waals surface area (Å²) < 4.78 is 1.54. The summed E-state index contributed by atoms with van der Waals surface area (Å²) in [7, 11) is 0.